The number of carbonyl (C=O) groups excluding carboxylic acids is 1. The van der Waals surface area contributed by atoms with Crippen LogP contribution in [-0.2, 0) is 25.2 Å². The maximum atomic E-state index is 12.7. The van der Waals surface area contributed by atoms with Crippen LogP contribution in [0.3, 0.4) is 0 Å². The van der Waals surface area contributed by atoms with Crippen LogP contribution in [0.4, 0.5) is 18.0 Å². The predicted octanol–water partition coefficient (Wildman–Crippen LogP) is 5.37. The summed E-state index contributed by atoms with van der Waals surface area (Å²) >= 11 is 0. The molecule has 0 aromatic heterocycles. The van der Waals surface area contributed by atoms with Crippen LogP contribution in [0.1, 0.15) is 64.9 Å². The molecule has 0 saturated heterocycles. The number of rotatable bonds is 5. The zero-order valence-electron chi connectivity index (χ0n) is 18.8. The lowest BCUT2D eigenvalue weighted by atomic mass is 9.57. The van der Waals surface area contributed by atoms with E-state index in [1.807, 2.05) is 20.8 Å². The molecule has 6 nitrogen and oxygen atoms in total. The number of carbonyl (C=O) groups is 1. The van der Waals surface area contributed by atoms with E-state index in [0.717, 1.165) is 24.3 Å². The Morgan fingerprint density at radius 2 is 1.50 bits per heavy atom. The summed E-state index contributed by atoms with van der Waals surface area (Å²) in [6.07, 6.45) is -0.669. The molecule has 3 saturated carbocycles. The maximum Gasteiger partial charge on any atom is 0.416 e. The normalized spacial score (nSPS) is 26.1. The van der Waals surface area contributed by atoms with Gasteiger partial charge in [0.1, 0.15) is 5.60 Å². The van der Waals surface area contributed by atoms with Crippen LogP contribution < -0.4 is 0 Å². The molecule has 3 fully saturated rings. The molecule has 0 heterocycles. The van der Waals surface area contributed by atoms with Crippen molar-refractivity contribution in [2.75, 3.05) is 13.7 Å². The third-order valence-electron chi connectivity index (χ3n) is 6.73. The molecule has 0 aliphatic heterocycles. The van der Waals surface area contributed by atoms with Crippen LogP contribution in [0.2, 0.25) is 0 Å². The van der Waals surface area contributed by atoms with Gasteiger partial charge in [0.05, 0.1) is 17.1 Å². The topological polar surface area (TPSA) is 72.9 Å². The van der Waals surface area contributed by atoms with Crippen LogP contribution in [-0.4, -0.2) is 44.2 Å². The van der Waals surface area contributed by atoms with E-state index in [4.69, 9.17) is 8.92 Å². The van der Waals surface area contributed by atoms with Gasteiger partial charge in [0, 0.05) is 12.6 Å². The standard InChI is InChI=1S/C22H30F3NO5S/c1-19(2,3)31-18(27)26(4)21-12-9-20(10-13-21,11-14-21)15-30-32(28,29)17-7-5-16(6-8-17)22(23,24)25/h5-8H,9-15H2,1-4H3. The van der Waals surface area contributed by atoms with Crippen molar-refractivity contribution in [3.8, 4) is 0 Å². The minimum Gasteiger partial charge on any atom is -0.444 e. The Balaban J connectivity index is 1.62. The van der Waals surface area contributed by atoms with Gasteiger partial charge in [0.25, 0.3) is 10.1 Å². The average molecular weight is 478 g/mol. The molecule has 0 radical (unpaired) electrons. The number of alkyl halides is 3. The van der Waals surface area contributed by atoms with Gasteiger partial charge in [-0.2, -0.15) is 21.6 Å². The molecule has 0 N–H and O–H groups in total. The van der Waals surface area contributed by atoms with Crippen LogP contribution in [0.15, 0.2) is 29.2 Å². The molecule has 4 rings (SSSR count). The quantitative estimate of drug-likeness (QED) is 0.533. The zero-order chi connectivity index (χ0) is 24.0. The summed E-state index contributed by atoms with van der Waals surface area (Å²) in [6, 6.07) is 3.30. The first kappa shape index (κ1) is 24.8. The minimum absolute atomic E-state index is 0.0252. The number of fused-ring (bicyclic) bond motifs is 3. The smallest absolute Gasteiger partial charge is 0.416 e. The Hall–Kier alpha value is -1.81. The van der Waals surface area contributed by atoms with Crippen molar-refractivity contribution in [3.63, 3.8) is 0 Å². The minimum atomic E-state index is -4.54. The van der Waals surface area contributed by atoms with E-state index < -0.39 is 27.5 Å². The van der Waals surface area contributed by atoms with E-state index in [2.05, 4.69) is 0 Å². The molecule has 1 amide bonds. The van der Waals surface area contributed by atoms with Gasteiger partial charge in [0.2, 0.25) is 0 Å². The van der Waals surface area contributed by atoms with E-state index in [9.17, 15) is 26.4 Å². The molecule has 3 aliphatic carbocycles. The third kappa shape index (κ3) is 5.22. The van der Waals surface area contributed by atoms with Crippen molar-refractivity contribution < 1.29 is 35.3 Å². The number of benzene rings is 1. The molecule has 0 unspecified atom stereocenters. The molecule has 0 spiro atoms. The predicted molar refractivity (Wildman–Crippen MR) is 111 cm³/mol. The summed E-state index contributed by atoms with van der Waals surface area (Å²) < 4.78 is 74.0. The highest BCUT2D eigenvalue weighted by Gasteiger charge is 2.52. The van der Waals surface area contributed by atoms with Crippen LogP contribution in [0.25, 0.3) is 0 Å². The van der Waals surface area contributed by atoms with Crippen molar-refractivity contribution in [2.45, 2.75) is 81.5 Å². The molecule has 32 heavy (non-hydrogen) atoms. The Morgan fingerprint density at radius 3 is 1.94 bits per heavy atom. The lowest BCUT2D eigenvalue weighted by Crippen LogP contribution is -2.58. The first-order valence-electron chi connectivity index (χ1n) is 10.6. The van der Waals surface area contributed by atoms with Gasteiger partial charge in [0.15, 0.2) is 0 Å². The van der Waals surface area contributed by atoms with E-state index in [1.165, 1.54) is 0 Å². The first-order valence-corrected chi connectivity index (χ1v) is 12.0. The van der Waals surface area contributed by atoms with Crippen molar-refractivity contribution in [2.24, 2.45) is 5.41 Å². The van der Waals surface area contributed by atoms with Gasteiger partial charge in [-0.25, -0.2) is 4.79 Å². The Bertz CT molecular complexity index is 927. The fourth-order valence-electron chi connectivity index (χ4n) is 4.57. The number of halogens is 3. The van der Waals surface area contributed by atoms with Gasteiger partial charge >= 0.3 is 12.3 Å². The summed E-state index contributed by atoms with van der Waals surface area (Å²) in [5.74, 6) is 0. The molecule has 0 atom stereocenters. The number of ether oxygens (including phenoxy) is 1. The fourth-order valence-corrected chi connectivity index (χ4v) is 5.58. The SMILES string of the molecule is CN(C(=O)OC(C)(C)C)C12CCC(COS(=O)(=O)c3ccc(C(F)(F)F)cc3)(CC1)CC2. The number of hydrogen-bond donors (Lipinski definition) is 0. The zero-order valence-corrected chi connectivity index (χ0v) is 19.6. The van der Waals surface area contributed by atoms with Gasteiger partial charge in [-0.15, -0.1) is 0 Å². The highest BCUT2D eigenvalue weighted by Crippen LogP contribution is 2.54. The summed E-state index contributed by atoms with van der Waals surface area (Å²) in [4.78, 5) is 13.9. The second kappa shape index (κ2) is 8.20. The molecule has 1 aromatic rings. The molecular formula is C22H30F3NO5S. The van der Waals surface area contributed by atoms with Gasteiger partial charge in [-0.05, 0) is 89.0 Å². The number of hydrogen-bond acceptors (Lipinski definition) is 5. The molecular weight excluding hydrogens is 447 g/mol. The first-order chi connectivity index (χ1) is 14.6. The maximum absolute atomic E-state index is 12.7. The largest absolute Gasteiger partial charge is 0.444 e. The van der Waals surface area contributed by atoms with Crippen molar-refractivity contribution in [3.05, 3.63) is 29.8 Å². The number of nitrogens with zero attached hydrogens (tertiary/aromatic N) is 1. The Labute approximate surface area is 187 Å². The van der Waals surface area contributed by atoms with Crippen molar-refractivity contribution >= 4 is 16.2 Å². The van der Waals surface area contributed by atoms with Crippen molar-refractivity contribution in [1.82, 2.24) is 4.90 Å². The van der Waals surface area contributed by atoms with E-state index in [1.54, 1.807) is 11.9 Å². The molecule has 1 aromatic carbocycles. The second-order valence-corrected chi connectivity index (χ2v) is 11.6. The lowest BCUT2D eigenvalue weighted by Gasteiger charge is -2.56. The van der Waals surface area contributed by atoms with Crippen molar-refractivity contribution in [1.29, 1.82) is 0 Å². The summed E-state index contributed by atoms with van der Waals surface area (Å²) in [7, 11) is -2.42. The summed E-state index contributed by atoms with van der Waals surface area (Å²) in [5.41, 5.74) is -2.14. The second-order valence-electron chi connectivity index (χ2n) is 10.0. The van der Waals surface area contributed by atoms with E-state index >= 15 is 0 Å². The van der Waals surface area contributed by atoms with Gasteiger partial charge in [-0.1, -0.05) is 0 Å². The monoisotopic (exact) mass is 477 g/mol. The molecule has 3 aliphatic rings. The van der Waals surface area contributed by atoms with Crippen LogP contribution in [0, 0.1) is 5.41 Å². The highest BCUT2D eigenvalue weighted by molar-refractivity contribution is 7.86. The fraction of sp³-hybridized carbons (Fsp3) is 0.682. The van der Waals surface area contributed by atoms with E-state index in [-0.39, 0.29) is 28.5 Å². The molecule has 10 heteroatoms. The third-order valence-corrected chi connectivity index (χ3v) is 8.01. The highest BCUT2D eigenvalue weighted by atomic mass is 32.2. The van der Waals surface area contributed by atoms with Gasteiger partial charge in [-0.3, -0.25) is 4.18 Å². The average Bonchev–Trinajstić information content (AvgIpc) is 2.71. The summed E-state index contributed by atoms with van der Waals surface area (Å²) in [6.45, 7) is 5.43. The lowest BCUT2D eigenvalue weighted by molar-refractivity contribution is -0.137. The van der Waals surface area contributed by atoms with E-state index in [0.29, 0.717) is 38.5 Å². The molecule has 180 valence electrons. The Kier molecular flexibility index (Phi) is 6.36. The summed E-state index contributed by atoms with van der Waals surface area (Å²) in [5, 5.41) is 0. The van der Waals surface area contributed by atoms with Crippen LogP contribution in [0.5, 0.6) is 0 Å². The Morgan fingerprint density at radius 1 is 1.00 bits per heavy atom. The van der Waals surface area contributed by atoms with Crippen LogP contribution >= 0.6 is 0 Å². The molecule has 2 bridgehead atoms. The number of amides is 1. The van der Waals surface area contributed by atoms with Gasteiger partial charge < -0.3 is 9.64 Å².